The number of hydrogen-bond acceptors (Lipinski definition) is 4. The highest BCUT2D eigenvalue weighted by Crippen LogP contribution is 2.23. The minimum Gasteiger partial charge on any atom is -0.453 e. The number of aromatic nitrogens is 2. The highest BCUT2D eigenvalue weighted by atomic mass is 16.5. The van der Waals surface area contributed by atoms with Crippen LogP contribution in [-0.2, 0) is 9.53 Å². The van der Waals surface area contributed by atoms with Crippen LogP contribution in [0.4, 0.5) is 5.69 Å². The molecule has 1 atom stereocenters. The molecule has 25 heavy (non-hydrogen) atoms. The number of carbonyl (C=O) groups excluding carboxylic acids is 2. The van der Waals surface area contributed by atoms with Crippen LogP contribution < -0.4 is 5.32 Å². The maximum absolute atomic E-state index is 12.6. The fourth-order valence-electron chi connectivity index (χ4n) is 2.70. The van der Waals surface area contributed by atoms with Crippen molar-refractivity contribution in [2.24, 2.45) is 0 Å². The van der Waals surface area contributed by atoms with Crippen molar-refractivity contribution in [3.8, 4) is 0 Å². The summed E-state index contributed by atoms with van der Waals surface area (Å²) in [6.07, 6.45) is 1.39. The summed E-state index contributed by atoms with van der Waals surface area (Å²) < 4.78 is 7.42. The standard InChI is InChI=1S/C19H19N3O3/c1-12(15-7-6-8-16(11-15)21-14(3)23)25-19(24)18-17-9-4-5-10-22(17)13(2)20-18/h4-12H,1-3H3,(H,21,23). The average Bonchev–Trinajstić information content (AvgIpc) is 2.92. The lowest BCUT2D eigenvalue weighted by Crippen LogP contribution is -2.11. The molecule has 2 heterocycles. The molecule has 0 bridgehead atoms. The van der Waals surface area contributed by atoms with Gasteiger partial charge in [-0.1, -0.05) is 18.2 Å². The number of fused-ring (bicyclic) bond motifs is 1. The second-order valence-corrected chi connectivity index (χ2v) is 5.82. The number of aryl methyl sites for hydroxylation is 1. The van der Waals surface area contributed by atoms with Crippen LogP contribution in [0.3, 0.4) is 0 Å². The Morgan fingerprint density at radius 3 is 2.76 bits per heavy atom. The van der Waals surface area contributed by atoms with E-state index in [1.54, 1.807) is 25.1 Å². The van der Waals surface area contributed by atoms with Crippen LogP contribution in [0.2, 0.25) is 0 Å². The summed E-state index contributed by atoms with van der Waals surface area (Å²) in [5.74, 6) is 0.0961. The smallest absolute Gasteiger partial charge is 0.359 e. The number of pyridine rings is 1. The van der Waals surface area contributed by atoms with E-state index >= 15 is 0 Å². The third-order valence-electron chi connectivity index (χ3n) is 3.88. The van der Waals surface area contributed by atoms with Crippen molar-refractivity contribution in [1.82, 2.24) is 9.38 Å². The number of rotatable bonds is 4. The third-order valence-corrected chi connectivity index (χ3v) is 3.88. The summed E-state index contributed by atoms with van der Waals surface area (Å²) in [6.45, 7) is 5.07. The minimum atomic E-state index is -0.478. The van der Waals surface area contributed by atoms with Gasteiger partial charge in [-0.3, -0.25) is 4.79 Å². The molecule has 0 fully saturated rings. The SMILES string of the molecule is CC(=O)Nc1cccc(C(C)OC(=O)c2nc(C)n3ccccc23)c1. The molecule has 0 radical (unpaired) electrons. The van der Waals surface area contributed by atoms with Crippen LogP contribution in [0, 0.1) is 6.92 Å². The fourth-order valence-corrected chi connectivity index (χ4v) is 2.70. The lowest BCUT2D eigenvalue weighted by atomic mass is 10.1. The predicted molar refractivity (Wildman–Crippen MR) is 94.5 cm³/mol. The van der Waals surface area contributed by atoms with Gasteiger partial charge in [0.25, 0.3) is 0 Å². The summed E-state index contributed by atoms with van der Waals surface area (Å²) >= 11 is 0. The summed E-state index contributed by atoms with van der Waals surface area (Å²) in [5, 5.41) is 2.72. The van der Waals surface area contributed by atoms with E-state index in [4.69, 9.17) is 4.74 Å². The lowest BCUT2D eigenvalue weighted by molar-refractivity contribution is -0.114. The highest BCUT2D eigenvalue weighted by molar-refractivity contribution is 5.95. The molecule has 3 aromatic rings. The molecule has 0 spiro atoms. The Labute approximate surface area is 145 Å². The minimum absolute atomic E-state index is 0.151. The summed E-state index contributed by atoms with van der Waals surface area (Å²) in [7, 11) is 0. The van der Waals surface area contributed by atoms with E-state index in [1.165, 1.54) is 6.92 Å². The Bertz CT molecular complexity index is 946. The topological polar surface area (TPSA) is 72.7 Å². The van der Waals surface area contributed by atoms with Gasteiger partial charge in [-0.2, -0.15) is 0 Å². The van der Waals surface area contributed by atoms with Crippen LogP contribution in [0.1, 0.15) is 41.8 Å². The monoisotopic (exact) mass is 337 g/mol. The van der Waals surface area contributed by atoms with Gasteiger partial charge in [-0.25, -0.2) is 9.78 Å². The first kappa shape index (κ1) is 16.7. The van der Waals surface area contributed by atoms with Crippen molar-refractivity contribution in [1.29, 1.82) is 0 Å². The number of ether oxygens (including phenoxy) is 1. The maximum atomic E-state index is 12.6. The predicted octanol–water partition coefficient (Wildman–Crippen LogP) is 3.52. The lowest BCUT2D eigenvalue weighted by Gasteiger charge is -2.14. The van der Waals surface area contributed by atoms with Crippen molar-refractivity contribution >= 4 is 23.1 Å². The van der Waals surface area contributed by atoms with E-state index in [0.717, 1.165) is 11.4 Å². The first-order valence-electron chi connectivity index (χ1n) is 7.98. The van der Waals surface area contributed by atoms with Crippen molar-refractivity contribution in [3.05, 3.63) is 65.7 Å². The van der Waals surface area contributed by atoms with Gasteiger partial charge < -0.3 is 14.5 Å². The normalized spacial score (nSPS) is 12.0. The molecule has 2 aromatic heterocycles. The van der Waals surface area contributed by atoms with E-state index < -0.39 is 12.1 Å². The van der Waals surface area contributed by atoms with E-state index in [0.29, 0.717) is 16.9 Å². The summed E-state index contributed by atoms with van der Waals surface area (Å²) in [6, 6.07) is 12.8. The Morgan fingerprint density at radius 1 is 1.20 bits per heavy atom. The molecule has 1 amide bonds. The number of anilines is 1. The molecule has 6 heteroatoms. The van der Waals surface area contributed by atoms with Crippen LogP contribution in [0.25, 0.3) is 5.52 Å². The first-order valence-corrected chi connectivity index (χ1v) is 7.98. The molecular formula is C19H19N3O3. The molecule has 128 valence electrons. The number of esters is 1. The number of hydrogen-bond donors (Lipinski definition) is 1. The van der Waals surface area contributed by atoms with Crippen molar-refractivity contribution in [2.75, 3.05) is 5.32 Å². The molecule has 0 saturated heterocycles. The second kappa shape index (κ2) is 6.76. The van der Waals surface area contributed by atoms with E-state index in [1.807, 2.05) is 41.8 Å². The van der Waals surface area contributed by atoms with E-state index in [2.05, 4.69) is 10.3 Å². The summed E-state index contributed by atoms with van der Waals surface area (Å²) in [4.78, 5) is 28.1. The fraction of sp³-hybridized carbons (Fsp3) is 0.211. The molecule has 1 aromatic carbocycles. The number of benzene rings is 1. The number of nitrogens with zero attached hydrogens (tertiary/aromatic N) is 2. The number of amides is 1. The van der Waals surface area contributed by atoms with Crippen molar-refractivity contribution in [3.63, 3.8) is 0 Å². The van der Waals surface area contributed by atoms with E-state index in [-0.39, 0.29) is 5.91 Å². The van der Waals surface area contributed by atoms with Crippen LogP contribution in [-0.4, -0.2) is 21.3 Å². The zero-order valence-electron chi connectivity index (χ0n) is 14.3. The zero-order valence-corrected chi connectivity index (χ0v) is 14.3. The quantitative estimate of drug-likeness (QED) is 0.739. The van der Waals surface area contributed by atoms with Gasteiger partial charge >= 0.3 is 5.97 Å². The van der Waals surface area contributed by atoms with Gasteiger partial charge in [0, 0.05) is 18.8 Å². The third kappa shape index (κ3) is 3.52. The van der Waals surface area contributed by atoms with Gasteiger partial charge in [0.05, 0.1) is 5.52 Å². The van der Waals surface area contributed by atoms with Crippen LogP contribution >= 0.6 is 0 Å². The Hall–Kier alpha value is -3.15. The molecule has 3 rings (SSSR count). The molecule has 1 N–H and O–H groups in total. The van der Waals surface area contributed by atoms with Crippen LogP contribution in [0.15, 0.2) is 48.7 Å². The average molecular weight is 337 g/mol. The number of carbonyl (C=O) groups is 2. The Balaban J connectivity index is 1.81. The molecule has 6 nitrogen and oxygen atoms in total. The largest absolute Gasteiger partial charge is 0.453 e. The first-order chi connectivity index (χ1) is 12.0. The zero-order chi connectivity index (χ0) is 18.0. The molecular weight excluding hydrogens is 318 g/mol. The number of nitrogens with one attached hydrogen (secondary N) is 1. The molecule has 0 aliphatic heterocycles. The van der Waals surface area contributed by atoms with Crippen molar-refractivity contribution < 1.29 is 14.3 Å². The maximum Gasteiger partial charge on any atom is 0.359 e. The molecule has 0 aliphatic carbocycles. The highest BCUT2D eigenvalue weighted by Gasteiger charge is 2.20. The van der Waals surface area contributed by atoms with Crippen LogP contribution in [0.5, 0.6) is 0 Å². The van der Waals surface area contributed by atoms with Gasteiger partial charge in [0.2, 0.25) is 5.91 Å². The summed E-state index contributed by atoms with van der Waals surface area (Å²) in [5.41, 5.74) is 2.46. The van der Waals surface area contributed by atoms with Gasteiger partial charge in [-0.05, 0) is 43.7 Å². The van der Waals surface area contributed by atoms with Gasteiger partial charge in [0.1, 0.15) is 11.9 Å². The molecule has 1 unspecified atom stereocenters. The second-order valence-electron chi connectivity index (χ2n) is 5.82. The van der Waals surface area contributed by atoms with Gasteiger partial charge in [-0.15, -0.1) is 0 Å². The Morgan fingerprint density at radius 2 is 2.00 bits per heavy atom. The molecule has 0 aliphatic rings. The Kier molecular flexibility index (Phi) is 4.52. The molecule has 0 saturated carbocycles. The van der Waals surface area contributed by atoms with E-state index in [9.17, 15) is 9.59 Å². The number of imidazole rings is 1. The van der Waals surface area contributed by atoms with Crippen molar-refractivity contribution in [2.45, 2.75) is 26.9 Å². The van der Waals surface area contributed by atoms with Gasteiger partial charge in [0.15, 0.2) is 5.69 Å².